The number of fused-ring (bicyclic) bond motifs is 1. The van der Waals surface area contributed by atoms with Crippen LogP contribution in [0.2, 0.25) is 0 Å². The van der Waals surface area contributed by atoms with Crippen LogP contribution in [-0.4, -0.2) is 0 Å². The van der Waals surface area contributed by atoms with Gasteiger partial charge in [0.25, 0.3) is 0 Å². The van der Waals surface area contributed by atoms with Crippen molar-refractivity contribution in [1.82, 2.24) is 0 Å². The standard InChI is InChI=1S/C13H11P/c1-2-6-12-10-13(9-11(12)5-1)14-7-3-4-8-14/h1-9H,10H2. The largest absolute Gasteiger partial charge is 0.0972 e. The van der Waals surface area contributed by atoms with Crippen molar-refractivity contribution in [3.05, 3.63) is 59.1 Å². The average Bonchev–Trinajstić information content (AvgIpc) is 2.86. The van der Waals surface area contributed by atoms with Crippen molar-refractivity contribution in [2.45, 2.75) is 6.42 Å². The third-order valence-electron chi connectivity index (χ3n) is 2.68. The highest BCUT2D eigenvalue weighted by atomic mass is 31.1. The molecule has 2 aromatic rings. The second-order valence-corrected chi connectivity index (χ2v) is 5.59. The van der Waals surface area contributed by atoms with E-state index in [9.17, 15) is 0 Å². The minimum absolute atomic E-state index is 0.0926. The molecule has 3 rings (SSSR count). The van der Waals surface area contributed by atoms with Crippen molar-refractivity contribution in [1.29, 1.82) is 0 Å². The molecule has 1 aromatic heterocycles. The van der Waals surface area contributed by atoms with Crippen molar-refractivity contribution in [2.24, 2.45) is 0 Å². The lowest BCUT2D eigenvalue weighted by Gasteiger charge is -1.98. The molecule has 0 unspecified atom stereocenters. The molecule has 0 saturated heterocycles. The van der Waals surface area contributed by atoms with Gasteiger partial charge in [0.05, 0.1) is 0 Å². The van der Waals surface area contributed by atoms with E-state index in [2.05, 4.69) is 54.1 Å². The molecule has 68 valence electrons. The van der Waals surface area contributed by atoms with Gasteiger partial charge >= 0.3 is 0 Å². The molecule has 0 bridgehead atoms. The molecule has 0 saturated carbocycles. The summed E-state index contributed by atoms with van der Waals surface area (Å²) in [6, 6.07) is 13.0. The Morgan fingerprint density at radius 3 is 2.50 bits per heavy atom. The van der Waals surface area contributed by atoms with Gasteiger partial charge in [-0.15, -0.1) is 0 Å². The normalized spacial score (nSPS) is 13.9. The first kappa shape index (κ1) is 8.08. The number of hydrogen-bond donors (Lipinski definition) is 0. The van der Waals surface area contributed by atoms with Crippen LogP contribution in [0, 0.1) is 0 Å². The summed E-state index contributed by atoms with van der Waals surface area (Å²) < 4.78 is 0. The van der Waals surface area contributed by atoms with Crippen LogP contribution in [0.25, 0.3) is 11.4 Å². The van der Waals surface area contributed by atoms with Gasteiger partial charge in [-0.25, -0.2) is 0 Å². The number of rotatable bonds is 1. The summed E-state index contributed by atoms with van der Waals surface area (Å²) >= 11 is 0. The predicted molar refractivity (Wildman–Crippen MR) is 63.5 cm³/mol. The zero-order valence-electron chi connectivity index (χ0n) is 7.85. The van der Waals surface area contributed by atoms with Gasteiger partial charge in [-0.3, -0.25) is 0 Å². The van der Waals surface area contributed by atoms with Crippen molar-refractivity contribution >= 4 is 18.9 Å². The van der Waals surface area contributed by atoms with Crippen LogP contribution in [0.15, 0.2) is 48.0 Å². The van der Waals surface area contributed by atoms with Crippen LogP contribution in [0.4, 0.5) is 0 Å². The van der Waals surface area contributed by atoms with Gasteiger partial charge in [0.2, 0.25) is 0 Å². The van der Waals surface area contributed by atoms with Gasteiger partial charge in [0, 0.05) is 6.42 Å². The minimum atomic E-state index is -0.0926. The molecule has 1 aromatic carbocycles. The molecule has 0 N–H and O–H groups in total. The molecule has 1 heteroatoms. The zero-order chi connectivity index (χ0) is 9.38. The van der Waals surface area contributed by atoms with E-state index in [1.807, 2.05) is 0 Å². The maximum Gasteiger partial charge on any atom is 0.00210 e. The van der Waals surface area contributed by atoms with E-state index in [4.69, 9.17) is 0 Å². The maximum atomic E-state index is 2.36. The lowest BCUT2D eigenvalue weighted by atomic mass is 10.1. The maximum absolute atomic E-state index is 2.36. The van der Waals surface area contributed by atoms with E-state index < -0.39 is 0 Å². The highest BCUT2D eigenvalue weighted by molar-refractivity contribution is 7.59. The molecule has 1 aliphatic carbocycles. The molecular weight excluding hydrogens is 187 g/mol. The Morgan fingerprint density at radius 1 is 0.929 bits per heavy atom. The molecule has 0 nitrogen and oxygen atoms in total. The van der Waals surface area contributed by atoms with E-state index in [0.717, 1.165) is 6.42 Å². The molecular formula is C13H11P. The topological polar surface area (TPSA) is 0 Å². The lowest BCUT2D eigenvalue weighted by molar-refractivity contribution is 1.35. The van der Waals surface area contributed by atoms with Gasteiger partial charge in [0.1, 0.15) is 0 Å². The predicted octanol–water partition coefficient (Wildman–Crippen LogP) is 4.23. The first-order chi connectivity index (χ1) is 6.93. The lowest BCUT2D eigenvalue weighted by Crippen LogP contribution is -1.78. The molecule has 0 amide bonds. The molecule has 0 fully saturated rings. The van der Waals surface area contributed by atoms with Crippen LogP contribution in [0.5, 0.6) is 0 Å². The van der Waals surface area contributed by atoms with Crippen LogP contribution < -0.4 is 0 Å². The highest BCUT2D eigenvalue weighted by Gasteiger charge is 2.12. The van der Waals surface area contributed by atoms with Crippen molar-refractivity contribution in [3.8, 4) is 0 Å². The van der Waals surface area contributed by atoms with Crippen LogP contribution >= 0.6 is 7.53 Å². The molecule has 0 aliphatic heterocycles. The molecule has 0 spiro atoms. The third kappa shape index (κ3) is 1.23. The number of allylic oxidation sites excluding steroid dienone is 1. The van der Waals surface area contributed by atoms with Crippen molar-refractivity contribution < 1.29 is 0 Å². The molecule has 0 atom stereocenters. The summed E-state index contributed by atoms with van der Waals surface area (Å²) in [5.74, 6) is 4.65. The van der Waals surface area contributed by atoms with Crippen LogP contribution in [0.3, 0.4) is 0 Å². The van der Waals surface area contributed by atoms with Crippen LogP contribution in [-0.2, 0) is 6.42 Å². The summed E-state index contributed by atoms with van der Waals surface area (Å²) in [4.78, 5) is 0. The summed E-state index contributed by atoms with van der Waals surface area (Å²) in [6.07, 6.45) is 3.51. The van der Waals surface area contributed by atoms with Gasteiger partial charge in [-0.1, -0.05) is 43.9 Å². The van der Waals surface area contributed by atoms with E-state index in [1.165, 1.54) is 11.1 Å². The van der Waals surface area contributed by atoms with E-state index in [0.29, 0.717) is 0 Å². The van der Waals surface area contributed by atoms with Gasteiger partial charge in [-0.2, -0.15) is 0 Å². The molecule has 14 heavy (non-hydrogen) atoms. The average molecular weight is 198 g/mol. The van der Waals surface area contributed by atoms with Crippen molar-refractivity contribution in [2.75, 3.05) is 0 Å². The van der Waals surface area contributed by atoms with Gasteiger partial charge < -0.3 is 0 Å². The fourth-order valence-corrected chi connectivity index (χ4v) is 3.65. The summed E-state index contributed by atoms with van der Waals surface area (Å²) in [5.41, 5.74) is 2.90. The van der Waals surface area contributed by atoms with Crippen molar-refractivity contribution in [3.63, 3.8) is 0 Å². The Labute approximate surface area is 85.0 Å². The highest BCUT2D eigenvalue weighted by Crippen LogP contribution is 2.45. The minimum Gasteiger partial charge on any atom is -0.0972 e. The number of benzene rings is 1. The third-order valence-corrected chi connectivity index (χ3v) is 4.62. The van der Waals surface area contributed by atoms with E-state index in [1.54, 1.807) is 5.31 Å². The molecule has 0 radical (unpaired) electrons. The first-order valence-corrected chi connectivity index (χ1v) is 6.33. The fourth-order valence-electron chi connectivity index (χ4n) is 1.95. The smallest absolute Gasteiger partial charge is 0.00210 e. The monoisotopic (exact) mass is 198 g/mol. The van der Waals surface area contributed by atoms with Gasteiger partial charge in [0.15, 0.2) is 0 Å². The van der Waals surface area contributed by atoms with Crippen LogP contribution in [0.1, 0.15) is 11.1 Å². The van der Waals surface area contributed by atoms with E-state index >= 15 is 0 Å². The Balaban J connectivity index is 2.04. The Morgan fingerprint density at radius 2 is 1.71 bits per heavy atom. The summed E-state index contributed by atoms with van der Waals surface area (Å²) in [7, 11) is -0.0926. The summed E-state index contributed by atoms with van der Waals surface area (Å²) in [6.45, 7) is 0. The first-order valence-electron chi connectivity index (χ1n) is 4.85. The summed E-state index contributed by atoms with van der Waals surface area (Å²) in [5, 5.41) is 1.59. The molecule has 1 aliphatic rings. The quantitative estimate of drug-likeness (QED) is 0.643. The Bertz CT molecular complexity index is 478. The second-order valence-electron chi connectivity index (χ2n) is 3.60. The Kier molecular flexibility index (Phi) is 1.82. The second kappa shape index (κ2) is 3.15. The SMILES string of the molecule is C1=C(p2cccc2)Cc2ccccc21. The van der Waals surface area contributed by atoms with E-state index in [-0.39, 0.29) is 7.53 Å². The number of hydrogen-bond acceptors (Lipinski definition) is 0. The van der Waals surface area contributed by atoms with Gasteiger partial charge in [-0.05, 0) is 34.1 Å². The molecule has 1 heterocycles. The zero-order valence-corrected chi connectivity index (χ0v) is 8.74. The Hall–Kier alpha value is -1.26. The fraction of sp³-hybridized carbons (Fsp3) is 0.0769.